The molecule has 0 bridgehead atoms. The van der Waals surface area contributed by atoms with Crippen LogP contribution >= 0.6 is 0 Å². The number of anilines is 1. The fourth-order valence-corrected chi connectivity index (χ4v) is 4.26. The number of hydrogen-bond donors (Lipinski definition) is 2. The fourth-order valence-electron chi connectivity index (χ4n) is 4.26. The zero-order chi connectivity index (χ0) is 23.2. The van der Waals surface area contributed by atoms with E-state index in [0.717, 1.165) is 29.5 Å². The van der Waals surface area contributed by atoms with Gasteiger partial charge in [-0.05, 0) is 78.9 Å². The van der Waals surface area contributed by atoms with Gasteiger partial charge in [-0.2, -0.15) is 0 Å². The molecule has 0 atom stereocenters. The first-order valence-corrected chi connectivity index (χ1v) is 10.7. The minimum atomic E-state index is -1.01. The number of carbonyl (C=O) groups is 2. The highest BCUT2D eigenvalue weighted by atomic mass is 16.7. The van der Waals surface area contributed by atoms with Crippen molar-refractivity contribution in [2.45, 2.75) is 25.2 Å². The quantitative estimate of drug-likeness (QED) is 0.568. The average Bonchev–Trinajstić information content (AvgIpc) is 3.50. The third-order valence-electron chi connectivity index (χ3n) is 6.34. The van der Waals surface area contributed by atoms with Crippen LogP contribution in [0.15, 0.2) is 54.6 Å². The van der Waals surface area contributed by atoms with Gasteiger partial charge in [-0.1, -0.05) is 12.1 Å². The highest BCUT2D eigenvalue weighted by Crippen LogP contribution is 2.51. The Bertz CT molecular complexity index is 1280. The average molecular weight is 445 g/mol. The third-order valence-corrected chi connectivity index (χ3v) is 6.34. The Balaban J connectivity index is 1.45. The summed E-state index contributed by atoms with van der Waals surface area (Å²) in [5.74, 6) is 0.818. The smallest absolute Gasteiger partial charge is 0.335 e. The monoisotopic (exact) mass is 445 g/mol. The number of nitrogens with one attached hydrogen (secondary N) is 1. The largest absolute Gasteiger partial charge is 0.496 e. The van der Waals surface area contributed by atoms with Crippen LogP contribution in [0, 0.1) is 6.92 Å². The molecule has 0 aromatic heterocycles. The van der Waals surface area contributed by atoms with Crippen LogP contribution in [0.4, 0.5) is 5.69 Å². The van der Waals surface area contributed by atoms with Gasteiger partial charge in [0, 0.05) is 11.3 Å². The van der Waals surface area contributed by atoms with E-state index in [1.54, 1.807) is 19.2 Å². The maximum Gasteiger partial charge on any atom is 0.335 e. The molecule has 2 N–H and O–H groups in total. The van der Waals surface area contributed by atoms with E-state index in [4.69, 9.17) is 14.2 Å². The van der Waals surface area contributed by atoms with E-state index in [0.29, 0.717) is 28.5 Å². The van der Waals surface area contributed by atoms with Crippen LogP contribution in [0.25, 0.3) is 11.1 Å². The summed E-state index contributed by atoms with van der Waals surface area (Å²) in [6, 6.07) is 16.0. The second-order valence-corrected chi connectivity index (χ2v) is 8.35. The van der Waals surface area contributed by atoms with Crippen molar-refractivity contribution in [2.24, 2.45) is 0 Å². The third kappa shape index (κ3) is 3.65. The van der Waals surface area contributed by atoms with E-state index in [1.165, 1.54) is 6.07 Å². The highest BCUT2D eigenvalue weighted by molar-refractivity contribution is 6.02. The van der Waals surface area contributed by atoms with Crippen molar-refractivity contribution in [1.82, 2.24) is 0 Å². The van der Waals surface area contributed by atoms with Crippen LogP contribution in [0.5, 0.6) is 17.2 Å². The zero-order valence-electron chi connectivity index (χ0n) is 18.3. The maximum atomic E-state index is 13.3. The number of carboxylic acid groups (broad SMARTS) is 1. The van der Waals surface area contributed by atoms with E-state index in [9.17, 15) is 14.7 Å². The van der Waals surface area contributed by atoms with Crippen LogP contribution < -0.4 is 19.5 Å². The van der Waals surface area contributed by atoms with Gasteiger partial charge in [0.25, 0.3) is 0 Å². The molecule has 3 aromatic rings. The first-order valence-electron chi connectivity index (χ1n) is 10.7. The van der Waals surface area contributed by atoms with Crippen LogP contribution in [0.2, 0.25) is 0 Å². The Hall–Kier alpha value is -4.00. The number of carbonyl (C=O) groups excluding carboxylic acids is 1. The first-order chi connectivity index (χ1) is 15.9. The molecule has 3 aromatic carbocycles. The summed E-state index contributed by atoms with van der Waals surface area (Å²) in [5.41, 5.74) is 3.50. The summed E-state index contributed by atoms with van der Waals surface area (Å²) in [5, 5.41) is 12.5. The summed E-state index contributed by atoms with van der Waals surface area (Å²) >= 11 is 0. The van der Waals surface area contributed by atoms with Gasteiger partial charge in [-0.15, -0.1) is 0 Å². The molecule has 7 nitrogen and oxygen atoms in total. The fraction of sp³-hybridized carbons (Fsp3) is 0.231. The summed E-state index contributed by atoms with van der Waals surface area (Å²) in [7, 11) is 1.54. The molecule has 168 valence electrons. The lowest BCUT2D eigenvalue weighted by molar-refractivity contribution is -0.118. The molecule has 0 spiro atoms. The van der Waals surface area contributed by atoms with Gasteiger partial charge in [0.1, 0.15) is 5.75 Å². The van der Waals surface area contributed by atoms with Crippen molar-refractivity contribution in [3.8, 4) is 28.4 Å². The Kier molecular flexibility index (Phi) is 4.96. The van der Waals surface area contributed by atoms with Crippen molar-refractivity contribution in [1.29, 1.82) is 0 Å². The lowest BCUT2D eigenvalue weighted by Gasteiger charge is -2.18. The molecule has 33 heavy (non-hydrogen) atoms. The Morgan fingerprint density at radius 3 is 2.48 bits per heavy atom. The number of aryl methyl sites for hydroxylation is 1. The van der Waals surface area contributed by atoms with Crippen molar-refractivity contribution in [2.75, 3.05) is 19.2 Å². The van der Waals surface area contributed by atoms with Crippen LogP contribution in [0.3, 0.4) is 0 Å². The molecule has 1 aliphatic heterocycles. The van der Waals surface area contributed by atoms with Gasteiger partial charge >= 0.3 is 5.97 Å². The molecule has 1 saturated carbocycles. The number of hydrogen-bond acceptors (Lipinski definition) is 5. The van der Waals surface area contributed by atoms with E-state index in [-0.39, 0.29) is 18.3 Å². The molecule has 1 amide bonds. The number of aromatic carboxylic acids is 1. The molecule has 2 aliphatic rings. The van der Waals surface area contributed by atoms with E-state index in [2.05, 4.69) is 5.32 Å². The van der Waals surface area contributed by atoms with Gasteiger partial charge in [-0.3, -0.25) is 4.79 Å². The van der Waals surface area contributed by atoms with Gasteiger partial charge < -0.3 is 24.6 Å². The summed E-state index contributed by atoms with van der Waals surface area (Å²) in [6.45, 7) is 2.12. The number of amides is 1. The van der Waals surface area contributed by atoms with Gasteiger partial charge in [0.2, 0.25) is 12.7 Å². The predicted octanol–water partition coefficient (Wildman–Crippen LogP) is 4.77. The molecular weight excluding hydrogens is 422 g/mol. The lowest BCUT2D eigenvalue weighted by Crippen LogP contribution is -2.27. The standard InChI is InChI=1S/C26H23NO6/c1-15-3-6-18(13-19(15)20-11-16(24(28)29)4-7-21(20)31-2)27-25(30)26(9-10-26)17-5-8-22-23(12-17)33-14-32-22/h3-8,11-13H,9-10,14H2,1-2H3,(H,27,30)(H,28,29). The Labute approximate surface area is 190 Å². The zero-order valence-corrected chi connectivity index (χ0v) is 18.3. The second-order valence-electron chi connectivity index (χ2n) is 8.35. The van der Waals surface area contributed by atoms with Crippen LogP contribution in [0.1, 0.15) is 34.3 Å². The van der Waals surface area contributed by atoms with Crippen molar-refractivity contribution in [3.63, 3.8) is 0 Å². The topological polar surface area (TPSA) is 94.1 Å². The van der Waals surface area contributed by atoms with Gasteiger partial charge in [-0.25, -0.2) is 4.79 Å². The molecular formula is C26H23NO6. The number of fused-ring (bicyclic) bond motifs is 1. The second kappa shape index (κ2) is 7.85. The van der Waals surface area contributed by atoms with E-state index < -0.39 is 11.4 Å². The van der Waals surface area contributed by atoms with Crippen LogP contribution in [-0.2, 0) is 10.2 Å². The van der Waals surface area contributed by atoms with Crippen molar-refractivity contribution >= 4 is 17.6 Å². The molecule has 5 rings (SSSR count). The Morgan fingerprint density at radius 1 is 0.970 bits per heavy atom. The number of ether oxygens (including phenoxy) is 3. The molecule has 1 heterocycles. The van der Waals surface area contributed by atoms with Gasteiger partial charge in [0.15, 0.2) is 11.5 Å². The first kappa shape index (κ1) is 20.9. The lowest BCUT2D eigenvalue weighted by atomic mass is 9.94. The predicted molar refractivity (Wildman–Crippen MR) is 122 cm³/mol. The van der Waals surface area contributed by atoms with Gasteiger partial charge in [0.05, 0.1) is 18.1 Å². The normalized spacial score (nSPS) is 15.1. The SMILES string of the molecule is COc1ccc(C(=O)O)cc1-c1cc(NC(=O)C2(c3ccc4c(c3)OCO4)CC2)ccc1C. The summed E-state index contributed by atoms with van der Waals surface area (Å²) in [6.07, 6.45) is 1.51. The minimum Gasteiger partial charge on any atom is -0.496 e. The molecule has 7 heteroatoms. The van der Waals surface area contributed by atoms with Crippen molar-refractivity contribution < 1.29 is 28.9 Å². The minimum absolute atomic E-state index is 0.0811. The molecule has 1 aliphatic carbocycles. The number of benzene rings is 3. The molecule has 0 saturated heterocycles. The number of carboxylic acids is 1. The summed E-state index contributed by atoms with van der Waals surface area (Å²) in [4.78, 5) is 24.8. The number of methoxy groups -OCH3 is 1. The molecule has 0 unspecified atom stereocenters. The number of rotatable bonds is 6. The summed E-state index contributed by atoms with van der Waals surface area (Å²) < 4.78 is 16.3. The van der Waals surface area contributed by atoms with Crippen LogP contribution in [-0.4, -0.2) is 30.9 Å². The highest BCUT2D eigenvalue weighted by Gasteiger charge is 2.51. The Morgan fingerprint density at radius 2 is 1.76 bits per heavy atom. The van der Waals surface area contributed by atoms with E-state index in [1.807, 2.05) is 43.3 Å². The van der Waals surface area contributed by atoms with E-state index >= 15 is 0 Å². The van der Waals surface area contributed by atoms with Crippen molar-refractivity contribution in [3.05, 3.63) is 71.3 Å². The molecule has 0 radical (unpaired) electrons. The molecule has 1 fully saturated rings. The maximum absolute atomic E-state index is 13.3.